The van der Waals surface area contributed by atoms with Crippen molar-refractivity contribution in [2.75, 3.05) is 0 Å². The van der Waals surface area contributed by atoms with Crippen LogP contribution in [0.4, 0.5) is 13.2 Å². The Morgan fingerprint density at radius 1 is 1.35 bits per heavy atom. The van der Waals surface area contributed by atoms with Gasteiger partial charge in [0.05, 0.1) is 17.2 Å². The van der Waals surface area contributed by atoms with Crippen LogP contribution in [0.25, 0.3) is 0 Å². The first-order chi connectivity index (χ1) is 7.88. The predicted molar refractivity (Wildman–Crippen MR) is 53.6 cm³/mol. The van der Waals surface area contributed by atoms with E-state index in [1.165, 1.54) is 0 Å². The highest BCUT2D eigenvalue weighted by atomic mass is 19.4. The second kappa shape index (κ2) is 3.94. The van der Waals surface area contributed by atoms with Gasteiger partial charge in [-0.1, -0.05) is 0 Å². The van der Waals surface area contributed by atoms with Crippen LogP contribution in [0.5, 0.6) is 5.75 Å². The average Bonchev–Trinajstić information content (AvgIpc) is 3.00. The standard InChI is InChI=1S/C11H10F3NO2/c12-11(13,14)6-1-4-9(17-7-2-3-7)8(5-6)10(15)16/h1,4-5,7H,2-3H2,(H2,15,16). The SMILES string of the molecule is NC(=O)c1cc(C(F)(F)F)ccc1OC1CC1. The monoisotopic (exact) mass is 245 g/mol. The third kappa shape index (κ3) is 2.69. The molecule has 92 valence electrons. The van der Waals surface area contributed by atoms with Crippen LogP contribution in [-0.4, -0.2) is 12.0 Å². The molecule has 2 rings (SSSR count). The molecule has 17 heavy (non-hydrogen) atoms. The Morgan fingerprint density at radius 2 is 2.00 bits per heavy atom. The zero-order valence-electron chi connectivity index (χ0n) is 8.75. The van der Waals surface area contributed by atoms with E-state index in [0.29, 0.717) is 0 Å². The first-order valence-electron chi connectivity index (χ1n) is 5.05. The molecule has 0 radical (unpaired) electrons. The Balaban J connectivity index is 2.36. The van der Waals surface area contributed by atoms with Gasteiger partial charge in [-0.25, -0.2) is 0 Å². The van der Waals surface area contributed by atoms with Gasteiger partial charge in [-0.15, -0.1) is 0 Å². The first kappa shape index (κ1) is 11.8. The van der Waals surface area contributed by atoms with Crippen molar-refractivity contribution in [3.63, 3.8) is 0 Å². The fraction of sp³-hybridized carbons (Fsp3) is 0.364. The molecule has 0 unspecified atom stereocenters. The summed E-state index contributed by atoms with van der Waals surface area (Å²) in [7, 11) is 0. The van der Waals surface area contributed by atoms with Crippen LogP contribution < -0.4 is 10.5 Å². The number of hydrogen-bond acceptors (Lipinski definition) is 2. The van der Waals surface area contributed by atoms with E-state index in [1.807, 2.05) is 0 Å². The minimum absolute atomic E-state index is 0.00941. The Kier molecular flexibility index (Phi) is 2.73. The molecule has 0 aromatic heterocycles. The van der Waals surface area contributed by atoms with E-state index in [-0.39, 0.29) is 17.4 Å². The van der Waals surface area contributed by atoms with Crippen molar-refractivity contribution in [2.45, 2.75) is 25.1 Å². The fourth-order valence-electron chi connectivity index (χ4n) is 1.37. The summed E-state index contributed by atoms with van der Waals surface area (Å²) in [4.78, 5) is 11.1. The van der Waals surface area contributed by atoms with Gasteiger partial charge in [0.2, 0.25) is 0 Å². The Labute approximate surface area is 95.4 Å². The fourth-order valence-corrected chi connectivity index (χ4v) is 1.37. The van der Waals surface area contributed by atoms with Crippen molar-refractivity contribution in [1.29, 1.82) is 0 Å². The lowest BCUT2D eigenvalue weighted by atomic mass is 10.1. The summed E-state index contributed by atoms with van der Waals surface area (Å²) >= 11 is 0. The third-order valence-electron chi connectivity index (χ3n) is 2.39. The molecule has 0 saturated heterocycles. The largest absolute Gasteiger partial charge is 0.490 e. The average molecular weight is 245 g/mol. The van der Waals surface area contributed by atoms with Crippen molar-refractivity contribution in [3.05, 3.63) is 29.3 Å². The van der Waals surface area contributed by atoms with Gasteiger partial charge >= 0.3 is 6.18 Å². The van der Waals surface area contributed by atoms with Crippen LogP contribution in [0.1, 0.15) is 28.8 Å². The molecule has 0 spiro atoms. The molecule has 1 aromatic carbocycles. The minimum atomic E-state index is -4.50. The lowest BCUT2D eigenvalue weighted by molar-refractivity contribution is -0.137. The summed E-state index contributed by atoms with van der Waals surface area (Å²) in [6.07, 6.45) is -2.81. The third-order valence-corrected chi connectivity index (χ3v) is 2.39. The van der Waals surface area contributed by atoms with E-state index in [1.54, 1.807) is 0 Å². The summed E-state index contributed by atoms with van der Waals surface area (Å²) in [6, 6.07) is 2.74. The Bertz CT molecular complexity index is 453. The van der Waals surface area contributed by atoms with Crippen molar-refractivity contribution in [2.24, 2.45) is 5.73 Å². The molecule has 1 amide bonds. The number of rotatable bonds is 3. The zero-order chi connectivity index (χ0) is 12.6. The molecule has 1 aromatic rings. The number of amides is 1. The molecule has 6 heteroatoms. The second-order valence-corrected chi connectivity index (χ2v) is 3.89. The molecular weight excluding hydrogens is 235 g/mol. The minimum Gasteiger partial charge on any atom is -0.490 e. The van der Waals surface area contributed by atoms with E-state index in [4.69, 9.17) is 10.5 Å². The number of nitrogens with two attached hydrogens (primary N) is 1. The van der Waals surface area contributed by atoms with Gasteiger partial charge in [-0.3, -0.25) is 4.79 Å². The number of primary amides is 1. The summed E-state index contributed by atoms with van der Waals surface area (Å²) in [5.74, 6) is -0.806. The van der Waals surface area contributed by atoms with Crippen molar-refractivity contribution in [3.8, 4) is 5.75 Å². The molecular formula is C11H10F3NO2. The summed E-state index contributed by atoms with van der Waals surface area (Å²) < 4.78 is 42.7. The number of alkyl halides is 3. The number of carbonyl (C=O) groups is 1. The molecule has 2 N–H and O–H groups in total. The van der Waals surface area contributed by atoms with E-state index < -0.39 is 17.6 Å². The van der Waals surface area contributed by atoms with E-state index in [2.05, 4.69) is 0 Å². The molecule has 0 heterocycles. The van der Waals surface area contributed by atoms with E-state index in [9.17, 15) is 18.0 Å². The van der Waals surface area contributed by atoms with Gasteiger partial charge in [0.25, 0.3) is 5.91 Å². The number of benzene rings is 1. The Morgan fingerprint density at radius 3 is 2.47 bits per heavy atom. The normalized spacial score (nSPS) is 15.7. The highest BCUT2D eigenvalue weighted by Crippen LogP contribution is 2.34. The summed E-state index contributed by atoms with van der Waals surface area (Å²) in [5, 5.41) is 0. The Hall–Kier alpha value is -1.72. The van der Waals surface area contributed by atoms with Crippen LogP contribution in [0.2, 0.25) is 0 Å². The van der Waals surface area contributed by atoms with Crippen LogP contribution in [0.15, 0.2) is 18.2 Å². The summed E-state index contributed by atoms with van der Waals surface area (Å²) in [5.41, 5.74) is 3.90. The van der Waals surface area contributed by atoms with Gasteiger partial charge < -0.3 is 10.5 Å². The molecule has 0 atom stereocenters. The number of halogens is 3. The van der Waals surface area contributed by atoms with Crippen LogP contribution in [0.3, 0.4) is 0 Å². The molecule has 3 nitrogen and oxygen atoms in total. The number of carbonyl (C=O) groups excluding carboxylic acids is 1. The maximum atomic E-state index is 12.4. The number of ether oxygens (including phenoxy) is 1. The van der Waals surface area contributed by atoms with E-state index >= 15 is 0 Å². The highest BCUT2D eigenvalue weighted by molar-refractivity contribution is 5.95. The molecule has 1 aliphatic rings. The highest BCUT2D eigenvalue weighted by Gasteiger charge is 2.32. The van der Waals surface area contributed by atoms with Gasteiger partial charge in [0.1, 0.15) is 5.75 Å². The van der Waals surface area contributed by atoms with Gasteiger partial charge in [0.15, 0.2) is 0 Å². The van der Waals surface area contributed by atoms with Gasteiger partial charge in [-0.05, 0) is 31.0 Å². The molecule has 1 aliphatic carbocycles. The van der Waals surface area contributed by atoms with Crippen molar-refractivity contribution < 1.29 is 22.7 Å². The topological polar surface area (TPSA) is 52.3 Å². The molecule has 1 saturated carbocycles. The smallest absolute Gasteiger partial charge is 0.416 e. The number of hydrogen-bond donors (Lipinski definition) is 1. The van der Waals surface area contributed by atoms with Crippen LogP contribution >= 0.6 is 0 Å². The lowest BCUT2D eigenvalue weighted by Crippen LogP contribution is -2.16. The van der Waals surface area contributed by atoms with Crippen molar-refractivity contribution in [1.82, 2.24) is 0 Å². The first-order valence-corrected chi connectivity index (χ1v) is 5.05. The quantitative estimate of drug-likeness (QED) is 0.888. The molecule has 0 bridgehead atoms. The maximum Gasteiger partial charge on any atom is 0.416 e. The van der Waals surface area contributed by atoms with Crippen LogP contribution in [0, 0.1) is 0 Å². The van der Waals surface area contributed by atoms with Gasteiger partial charge in [0, 0.05) is 0 Å². The molecule has 1 fully saturated rings. The van der Waals surface area contributed by atoms with Gasteiger partial charge in [-0.2, -0.15) is 13.2 Å². The lowest BCUT2D eigenvalue weighted by Gasteiger charge is -2.12. The predicted octanol–water partition coefficient (Wildman–Crippen LogP) is 2.35. The zero-order valence-corrected chi connectivity index (χ0v) is 8.75. The van der Waals surface area contributed by atoms with Crippen molar-refractivity contribution >= 4 is 5.91 Å². The maximum absolute atomic E-state index is 12.4. The van der Waals surface area contributed by atoms with E-state index in [0.717, 1.165) is 31.0 Å². The molecule has 0 aliphatic heterocycles. The summed E-state index contributed by atoms with van der Waals surface area (Å²) in [6.45, 7) is 0. The second-order valence-electron chi connectivity index (χ2n) is 3.89. The van der Waals surface area contributed by atoms with Crippen LogP contribution in [-0.2, 0) is 6.18 Å².